The summed E-state index contributed by atoms with van der Waals surface area (Å²) in [5.74, 6) is 0. The average Bonchev–Trinajstić information content (AvgIpc) is 2.29. The summed E-state index contributed by atoms with van der Waals surface area (Å²) in [7, 11) is 1.79. The van der Waals surface area contributed by atoms with E-state index in [1.54, 1.807) is 13.2 Å². The van der Waals surface area contributed by atoms with Gasteiger partial charge in [-0.2, -0.15) is 0 Å². The second kappa shape index (κ2) is 4.23. The van der Waals surface area contributed by atoms with E-state index in [9.17, 15) is 0 Å². The molecule has 0 aliphatic heterocycles. The van der Waals surface area contributed by atoms with Gasteiger partial charge in [0.25, 0.3) is 0 Å². The smallest absolute Gasteiger partial charge is 0.170 e. The standard InChI is InChI=1S/C11H11N3S/c1-12-11(15)14-10-6-2-5-9-8(10)4-3-7-13-9/h2-7H,1H3,(H2,12,14,15). The van der Waals surface area contributed by atoms with E-state index in [0.717, 1.165) is 16.6 Å². The van der Waals surface area contributed by atoms with Crippen LogP contribution in [0.25, 0.3) is 10.9 Å². The minimum atomic E-state index is 0.603. The number of fused-ring (bicyclic) bond motifs is 1. The molecule has 2 N–H and O–H groups in total. The lowest BCUT2D eigenvalue weighted by atomic mass is 10.2. The van der Waals surface area contributed by atoms with E-state index < -0.39 is 0 Å². The number of aromatic nitrogens is 1. The van der Waals surface area contributed by atoms with Gasteiger partial charge in [-0.3, -0.25) is 4.98 Å². The van der Waals surface area contributed by atoms with Crippen molar-refractivity contribution in [3.05, 3.63) is 36.5 Å². The van der Waals surface area contributed by atoms with Crippen LogP contribution in [0, 0.1) is 0 Å². The van der Waals surface area contributed by atoms with Gasteiger partial charge >= 0.3 is 0 Å². The van der Waals surface area contributed by atoms with Gasteiger partial charge in [-0.1, -0.05) is 6.07 Å². The first-order valence-corrected chi connectivity index (χ1v) is 5.04. The molecule has 0 bridgehead atoms. The van der Waals surface area contributed by atoms with E-state index in [-0.39, 0.29) is 0 Å². The Kier molecular flexibility index (Phi) is 2.78. The molecule has 76 valence electrons. The molecule has 0 radical (unpaired) electrons. The molecule has 3 nitrogen and oxygen atoms in total. The van der Waals surface area contributed by atoms with E-state index in [0.29, 0.717) is 5.11 Å². The lowest BCUT2D eigenvalue weighted by molar-refractivity contribution is 1.20. The van der Waals surface area contributed by atoms with Crippen molar-refractivity contribution < 1.29 is 0 Å². The second-order valence-electron chi connectivity index (χ2n) is 3.08. The fourth-order valence-electron chi connectivity index (χ4n) is 1.40. The zero-order valence-electron chi connectivity index (χ0n) is 8.32. The number of nitrogens with one attached hydrogen (secondary N) is 2. The first kappa shape index (κ1) is 9.86. The van der Waals surface area contributed by atoms with E-state index in [1.165, 1.54) is 0 Å². The molecular formula is C11H11N3S. The molecule has 1 aromatic heterocycles. The van der Waals surface area contributed by atoms with Gasteiger partial charge in [-0.05, 0) is 36.5 Å². The number of nitrogens with zero attached hydrogens (tertiary/aromatic N) is 1. The first-order chi connectivity index (χ1) is 7.31. The predicted octanol–water partition coefficient (Wildman–Crippen LogP) is 2.15. The number of benzene rings is 1. The summed E-state index contributed by atoms with van der Waals surface area (Å²) in [4.78, 5) is 4.27. The average molecular weight is 217 g/mol. The molecule has 0 saturated heterocycles. The molecule has 1 heterocycles. The van der Waals surface area contributed by atoms with Crippen LogP contribution in [0.4, 0.5) is 5.69 Å². The summed E-state index contributed by atoms with van der Waals surface area (Å²) in [6, 6.07) is 9.84. The Morgan fingerprint density at radius 2 is 2.13 bits per heavy atom. The highest BCUT2D eigenvalue weighted by Crippen LogP contribution is 2.20. The quantitative estimate of drug-likeness (QED) is 0.718. The van der Waals surface area contributed by atoms with Gasteiger partial charge < -0.3 is 10.6 Å². The lowest BCUT2D eigenvalue weighted by Crippen LogP contribution is -2.24. The summed E-state index contributed by atoms with van der Waals surface area (Å²) in [6.07, 6.45) is 1.78. The van der Waals surface area contributed by atoms with E-state index in [2.05, 4.69) is 15.6 Å². The maximum atomic E-state index is 5.06. The molecule has 0 amide bonds. The summed E-state index contributed by atoms with van der Waals surface area (Å²) < 4.78 is 0. The van der Waals surface area contributed by atoms with Crippen molar-refractivity contribution in [1.29, 1.82) is 0 Å². The van der Waals surface area contributed by atoms with Crippen LogP contribution in [-0.2, 0) is 0 Å². The fraction of sp³-hybridized carbons (Fsp3) is 0.0909. The van der Waals surface area contributed by atoms with Crippen molar-refractivity contribution in [2.45, 2.75) is 0 Å². The highest BCUT2D eigenvalue weighted by molar-refractivity contribution is 7.80. The van der Waals surface area contributed by atoms with Gasteiger partial charge in [-0.15, -0.1) is 0 Å². The van der Waals surface area contributed by atoms with E-state index in [1.807, 2.05) is 30.3 Å². The Balaban J connectivity index is 2.46. The Bertz CT molecular complexity index is 491. The highest BCUT2D eigenvalue weighted by atomic mass is 32.1. The molecule has 0 saturated carbocycles. The zero-order valence-corrected chi connectivity index (χ0v) is 9.14. The Morgan fingerprint density at radius 1 is 1.27 bits per heavy atom. The predicted molar refractivity (Wildman–Crippen MR) is 67.0 cm³/mol. The van der Waals surface area contributed by atoms with Crippen molar-refractivity contribution in [2.75, 3.05) is 12.4 Å². The van der Waals surface area contributed by atoms with Gasteiger partial charge in [0.2, 0.25) is 0 Å². The normalized spacial score (nSPS) is 9.93. The molecule has 4 heteroatoms. The Labute approximate surface area is 93.5 Å². The van der Waals surface area contributed by atoms with Crippen LogP contribution >= 0.6 is 12.2 Å². The maximum absolute atomic E-state index is 5.06. The first-order valence-electron chi connectivity index (χ1n) is 4.64. The van der Waals surface area contributed by atoms with Crippen LogP contribution in [0.2, 0.25) is 0 Å². The number of anilines is 1. The van der Waals surface area contributed by atoms with Crippen LogP contribution < -0.4 is 10.6 Å². The summed E-state index contributed by atoms with van der Waals surface area (Å²) in [6.45, 7) is 0. The number of rotatable bonds is 1. The van der Waals surface area contributed by atoms with Gasteiger partial charge in [0, 0.05) is 24.3 Å². The number of hydrogen-bond donors (Lipinski definition) is 2. The third-order valence-electron chi connectivity index (χ3n) is 2.12. The third-order valence-corrected chi connectivity index (χ3v) is 2.43. The molecule has 0 fully saturated rings. The largest absolute Gasteiger partial charge is 0.366 e. The molecule has 0 atom stereocenters. The molecule has 15 heavy (non-hydrogen) atoms. The third kappa shape index (κ3) is 2.05. The maximum Gasteiger partial charge on any atom is 0.170 e. The minimum absolute atomic E-state index is 0.603. The molecule has 2 rings (SSSR count). The highest BCUT2D eigenvalue weighted by Gasteiger charge is 2.01. The topological polar surface area (TPSA) is 37.0 Å². The van der Waals surface area contributed by atoms with Crippen LogP contribution in [0.1, 0.15) is 0 Å². The van der Waals surface area contributed by atoms with Crippen molar-refractivity contribution in [3.8, 4) is 0 Å². The van der Waals surface area contributed by atoms with Crippen molar-refractivity contribution >= 4 is 33.9 Å². The molecule has 0 aliphatic rings. The number of hydrogen-bond acceptors (Lipinski definition) is 2. The van der Waals surface area contributed by atoms with Gasteiger partial charge in [-0.25, -0.2) is 0 Å². The van der Waals surface area contributed by atoms with E-state index in [4.69, 9.17) is 12.2 Å². The van der Waals surface area contributed by atoms with Crippen LogP contribution in [0.5, 0.6) is 0 Å². The molecule has 1 aromatic carbocycles. The molecule has 0 aliphatic carbocycles. The van der Waals surface area contributed by atoms with Crippen LogP contribution in [0.3, 0.4) is 0 Å². The lowest BCUT2D eigenvalue weighted by Gasteiger charge is -2.09. The summed E-state index contributed by atoms with van der Waals surface area (Å²) in [5, 5.41) is 7.66. The molecule has 0 unspecified atom stereocenters. The molecule has 0 spiro atoms. The van der Waals surface area contributed by atoms with Gasteiger partial charge in [0.05, 0.1) is 5.52 Å². The fourth-order valence-corrected chi connectivity index (χ4v) is 1.51. The Morgan fingerprint density at radius 3 is 2.93 bits per heavy atom. The SMILES string of the molecule is CNC(=S)Nc1cccc2ncccc12. The summed E-state index contributed by atoms with van der Waals surface area (Å²) in [5.41, 5.74) is 1.93. The van der Waals surface area contributed by atoms with Crippen LogP contribution in [0.15, 0.2) is 36.5 Å². The molecular weight excluding hydrogens is 206 g/mol. The monoisotopic (exact) mass is 217 g/mol. The Hall–Kier alpha value is -1.68. The van der Waals surface area contributed by atoms with Crippen molar-refractivity contribution in [2.24, 2.45) is 0 Å². The zero-order chi connectivity index (χ0) is 10.7. The van der Waals surface area contributed by atoms with Gasteiger partial charge in [0.1, 0.15) is 0 Å². The van der Waals surface area contributed by atoms with Crippen molar-refractivity contribution in [3.63, 3.8) is 0 Å². The van der Waals surface area contributed by atoms with Crippen LogP contribution in [-0.4, -0.2) is 17.1 Å². The number of pyridine rings is 1. The second-order valence-corrected chi connectivity index (χ2v) is 3.49. The summed E-state index contributed by atoms with van der Waals surface area (Å²) >= 11 is 5.06. The number of thiocarbonyl (C=S) groups is 1. The minimum Gasteiger partial charge on any atom is -0.366 e. The molecule has 2 aromatic rings. The van der Waals surface area contributed by atoms with Crippen molar-refractivity contribution in [1.82, 2.24) is 10.3 Å². The van der Waals surface area contributed by atoms with E-state index >= 15 is 0 Å². The van der Waals surface area contributed by atoms with Gasteiger partial charge in [0.15, 0.2) is 5.11 Å².